The van der Waals surface area contributed by atoms with Crippen LogP contribution >= 0.6 is 11.6 Å². The Hall–Kier alpha value is -4.77. The number of amides is 3. The number of aliphatic hydroxyl groups is 1. The van der Waals surface area contributed by atoms with E-state index in [1.54, 1.807) is 89.7 Å². The summed E-state index contributed by atoms with van der Waals surface area (Å²) in [6.07, 6.45) is 5.84. The van der Waals surface area contributed by atoms with Gasteiger partial charge in [-0.05, 0) is 48.7 Å². The number of likely N-dealkylation sites (tertiary alicyclic amines) is 1. The molecule has 3 aromatic carbocycles. The van der Waals surface area contributed by atoms with E-state index in [4.69, 9.17) is 21.1 Å². The van der Waals surface area contributed by atoms with Gasteiger partial charge < -0.3 is 29.3 Å². The van der Waals surface area contributed by atoms with Gasteiger partial charge in [0.1, 0.15) is 23.7 Å². The van der Waals surface area contributed by atoms with Crippen molar-refractivity contribution in [1.82, 2.24) is 9.80 Å². The van der Waals surface area contributed by atoms with Crippen LogP contribution in [0.1, 0.15) is 43.0 Å². The fraction of sp³-hybridized carbons (Fsp3) is 0.350. The van der Waals surface area contributed by atoms with Crippen LogP contribution in [-0.4, -0.2) is 82.6 Å². The highest BCUT2D eigenvalue weighted by molar-refractivity contribution is 6.30. The highest BCUT2D eigenvalue weighted by Crippen LogP contribution is 2.55. The van der Waals surface area contributed by atoms with Crippen molar-refractivity contribution in [2.75, 3.05) is 25.1 Å². The Morgan fingerprint density at radius 1 is 0.922 bits per heavy atom. The van der Waals surface area contributed by atoms with E-state index in [9.17, 15) is 19.5 Å². The second-order valence-corrected chi connectivity index (χ2v) is 13.9. The number of hydrogen-bond acceptors (Lipinski definition) is 7. The molecule has 11 heteroatoms. The molecule has 4 heterocycles. The third-order valence-electron chi connectivity index (χ3n) is 10.7. The summed E-state index contributed by atoms with van der Waals surface area (Å²) in [6, 6.07) is 22.4. The summed E-state index contributed by atoms with van der Waals surface area (Å²) in [5, 5.41) is 11.4. The van der Waals surface area contributed by atoms with Crippen LogP contribution in [0.5, 0.6) is 0 Å². The van der Waals surface area contributed by atoms with Gasteiger partial charge in [0.25, 0.3) is 5.91 Å². The van der Waals surface area contributed by atoms with Crippen molar-refractivity contribution in [2.24, 2.45) is 11.8 Å². The Balaban J connectivity index is 1.37. The van der Waals surface area contributed by atoms with Crippen LogP contribution in [0.3, 0.4) is 0 Å². The first kappa shape index (κ1) is 34.7. The number of anilines is 1. The van der Waals surface area contributed by atoms with Crippen molar-refractivity contribution in [3.05, 3.63) is 125 Å². The number of hydrogen-bond donors (Lipinski definition) is 1. The third-order valence-corrected chi connectivity index (χ3v) is 11.0. The van der Waals surface area contributed by atoms with Crippen molar-refractivity contribution in [3.8, 4) is 0 Å². The zero-order chi connectivity index (χ0) is 35.9. The molecule has 8 atom stereocenters. The molecule has 1 N–H and O–H groups in total. The van der Waals surface area contributed by atoms with E-state index in [-0.39, 0.29) is 18.9 Å². The van der Waals surface area contributed by atoms with Crippen molar-refractivity contribution < 1.29 is 33.8 Å². The number of esters is 1. The van der Waals surface area contributed by atoms with E-state index in [2.05, 4.69) is 0 Å². The molecule has 2 fully saturated rings. The molecule has 0 saturated carbocycles. The predicted molar refractivity (Wildman–Crippen MR) is 190 cm³/mol. The van der Waals surface area contributed by atoms with Gasteiger partial charge in [-0.2, -0.15) is 0 Å². The number of benzene rings is 3. The Bertz CT molecular complexity index is 1850. The Labute approximate surface area is 301 Å². The van der Waals surface area contributed by atoms with Gasteiger partial charge in [0.05, 0.1) is 30.7 Å². The van der Waals surface area contributed by atoms with Crippen LogP contribution in [0.2, 0.25) is 5.02 Å². The first-order valence-corrected chi connectivity index (χ1v) is 17.6. The van der Waals surface area contributed by atoms with Gasteiger partial charge in [-0.3, -0.25) is 19.2 Å². The first-order valence-electron chi connectivity index (χ1n) is 17.2. The van der Waals surface area contributed by atoms with Crippen LogP contribution in [0.4, 0.5) is 5.69 Å². The molecule has 51 heavy (non-hydrogen) atoms. The van der Waals surface area contributed by atoms with Gasteiger partial charge in [-0.25, -0.2) is 0 Å². The summed E-state index contributed by atoms with van der Waals surface area (Å²) in [4.78, 5) is 62.5. The minimum atomic E-state index is -1.59. The lowest BCUT2D eigenvalue weighted by Crippen LogP contribution is -2.56. The van der Waals surface area contributed by atoms with Gasteiger partial charge in [-0.15, -0.1) is 0 Å². The maximum Gasteiger partial charge on any atom is 0.313 e. The number of rotatable bonds is 5. The van der Waals surface area contributed by atoms with Crippen LogP contribution in [0.15, 0.2) is 109 Å². The summed E-state index contributed by atoms with van der Waals surface area (Å²) in [6.45, 7) is 1.53. The molecular formula is C40H40ClN3O7. The molecule has 264 valence electrons. The molecule has 4 aliphatic rings. The lowest BCUT2D eigenvalue weighted by molar-refractivity contribution is -0.164. The number of allylic oxidation sites excluding steroid dienone is 1. The number of halogens is 1. The molecule has 0 aromatic heterocycles. The lowest BCUT2D eigenvalue weighted by atomic mass is 9.77. The topological polar surface area (TPSA) is 117 Å². The average molecular weight is 710 g/mol. The van der Waals surface area contributed by atoms with Gasteiger partial charge in [0.15, 0.2) is 0 Å². The summed E-state index contributed by atoms with van der Waals surface area (Å²) < 4.78 is 13.2. The van der Waals surface area contributed by atoms with Gasteiger partial charge in [-0.1, -0.05) is 96.6 Å². The number of ether oxygens (including phenoxy) is 2. The second kappa shape index (κ2) is 14.1. The van der Waals surface area contributed by atoms with Crippen LogP contribution < -0.4 is 4.90 Å². The van der Waals surface area contributed by atoms with Crippen LogP contribution in [-0.2, 0) is 28.7 Å². The molecule has 3 amide bonds. The van der Waals surface area contributed by atoms with E-state index < -0.39 is 72.2 Å². The van der Waals surface area contributed by atoms with Crippen molar-refractivity contribution in [2.45, 2.75) is 55.7 Å². The number of carbonyl (C=O) groups is 4. The van der Waals surface area contributed by atoms with E-state index in [1.807, 2.05) is 43.3 Å². The fourth-order valence-electron chi connectivity index (χ4n) is 8.05. The minimum absolute atomic E-state index is 0.106. The number of carbonyl (C=O) groups excluding carboxylic acids is 4. The second-order valence-electron chi connectivity index (χ2n) is 13.5. The van der Waals surface area contributed by atoms with Crippen molar-refractivity contribution >= 4 is 41.0 Å². The maximum atomic E-state index is 15.1. The Kier molecular flexibility index (Phi) is 9.58. The molecule has 0 bridgehead atoms. The number of aliphatic hydroxyl groups excluding tert-OH is 1. The number of nitrogens with zero attached hydrogens (tertiary/aromatic N) is 3. The molecule has 4 aliphatic heterocycles. The molecular weight excluding hydrogens is 670 g/mol. The summed E-state index contributed by atoms with van der Waals surface area (Å²) in [7, 11) is 1.69. The SMILES string of the molecule is C[C@@H]1[C@@H](c2ccccc2)OC(=O)[C@@H]2[C@H]3C(=O)N([C@H](CO)c4ccccc4)[C@@H]4C(=O)N(c5ccc(Cl)cc5)CC=C[C@]34O[C@@H]2/C=C\CCC(=O)N1C. The van der Waals surface area contributed by atoms with Gasteiger partial charge in [0.2, 0.25) is 11.8 Å². The Morgan fingerprint density at radius 3 is 2.29 bits per heavy atom. The van der Waals surface area contributed by atoms with Gasteiger partial charge >= 0.3 is 5.97 Å². The lowest BCUT2D eigenvalue weighted by Gasteiger charge is -2.38. The number of cyclic esters (lactones) is 1. The molecule has 10 nitrogen and oxygen atoms in total. The molecule has 1 spiro atoms. The van der Waals surface area contributed by atoms with Gasteiger partial charge in [0, 0.05) is 30.7 Å². The molecule has 0 radical (unpaired) electrons. The number of fused-ring (bicyclic) bond motifs is 2. The highest BCUT2D eigenvalue weighted by Gasteiger charge is 2.72. The quantitative estimate of drug-likeness (QED) is 0.292. The minimum Gasteiger partial charge on any atom is -0.455 e. The van der Waals surface area contributed by atoms with Crippen molar-refractivity contribution in [1.29, 1.82) is 0 Å². The summed E-state index contributed by atoms with van der Waals surface area (Å²) in [5.74, 6) is -4.02. The van der Waals surface area contributed by atoms with Crippen LogP contribution in [0, 0.1) is 11.8 Å². The van der Waals surface area contributed by atoms with E-state index >= 15 is 4.79 Å². The first-order chi connectivity index (χ1) is 24.7. The monoisotopic (exact) mass is 709 g/mol. The molecule has 2 saturated heterocycles. The molecule has 0 aliphatic carbocycles. The maximum absolute atomic E-state index is 15.1. The van der Waals surface area contributed by atoms with E-state index in [0.717, 1.165) is 0 Å². The third kappa shape index (κ3) is 6.05. The highest BCUT2D eigenvalue weighted by atomic mass is 35.5. The molecule has 0 unspecified atom stereocenters. The van der Waals surface area contributed by atoms with Crippen LogP contribution in [0.25, 0.3) is 0 Å². The smallest absolute Gasteiger partial charge is 0.313 e. The van der Waals surface area contributed by atoms with E-state index in [1.165, 1.54) is 4.90 Å². The zero-order valence-corrected chi connectivity index (χ0v) is 29.1. The normalized spacial score (nSPS) is 30.8. The number of likely N-dealkylation sites (N-methyl/N-ethyl adjacent to an activating group) is 1. The zero-order valence-electron chi connectivity index (χ0n) is 28.4. The largest absolute Gasteiger partial charge is 0.455 e. The van der Waals surface area contributed by atoms with E-state index in [0.29, 0.717) is 28.3 Å². The molecule has 3 aromatic rings. The fourth-order valence-corrected chi connectivity index (χ4v) is 8.17. The molecule has 7 rings (SSSR count). The van der Waals surface area contributed by atoms with Crippen molar-refractivity contribution in [3.63, 3.8) is 0 Å². The Morgan fingerprint density at radius 2 is 1.61 bits per heavy atom. The summed E-state index contributed by atoms with van der Waals surface area (Å²) in [5.41, 5.74) is 0.308. The average Bonchev–Trinajstić information content (AvgIpc) is 3.53. The predicted octanol–water partition coefficient (Wildman–Crippen LogP) is 5.04. The summed E-state index contributed by atoms with van der Waals surface area (Å²) >= 11 is 6.19. The standard InChI is InChI=1S/C40H40ClN3O7/c1-25-35(27-14-7-4-8-15-27)50-39(49)33-31(16-9-10-17-32(46)42(25)2)51-40-22-11-23-43(29-20-18-28(41)19-21-29)38(48)36(40)44(37(47)34(33)40)30(24-45)26-12-5-3-6-13-26/h3-9,11-16,18-22,25,30-31,33-36,45H,10,17,23-24H2,1-2H3/b16-9-/t25-,30-,31-,33+,34+,35+,36-,40+/m1/s1.